The Morgan fingerprint density at radius 3 is 2.48 bits per heavy atom. The first-order valence-corrected chi connectivity index (χ1v) is 8.57. The fourth-order valence-corrected chi connectivity index (χ4v) is 4.26. The van der Waals surface area contributed by atoms with E-state index in [-0.39, 0.29) is 0 Å². The highest BCUT2D eigenvalue weighted by Gasteiger charge is 2.38. The van der Waals surface area contributed by atoms with Gasteiger partial charge in [0.15, 0.2) is 0 Å². The Hall–Kier alpha value is -2.61. The lowest BCUT2D eigenvalue weighted by atomic mass is 9.85. The summed E-state index contributed by atoms with van der Waals surface area (Å²) in [6.45, 7) is 3.68. The second-order valence-corrected chi connectivity index (χ2v) is 6.97. The van der Waals surface area contributed by atoms with Crippen LogP contribution in [0, 0.1) is 6.92 Å². The zero-order valence-corrected chi connectivity index (χ0v) is 15.5. The number of allylic oxidation sites excluding steroid dienone is 1. The number of aryl methyl sites for hydroxylation is 1. The molecule has 3 heterocycles. The molecular formula is C17H19N3O4S. The van der Waals surface area contributed by atoms with Gasteiger partial charge in [0, 0.05) is 24.7 Å². The Balaban J connectivity index is 2.44. The van der Waals surface area contributed by atoms with Crippen molar-refractivity contribution in [1.82, 2.24) is 9.13 Å². The van der Waals surface area contributed by atoms with E-state index in [4.69, 9.17) is 4.74 Å². The molecule has 1 aliphatic rings. The van der Waals surface area contributed by atoms with Crippen LogP contribution >= 0.6 is 11.3 Å². The van der Waals surface area contributed by atoms with Gasteiger partial charge >= 0.3 is 11.7 Å². The Labute approximate surface area is 148 Å². The number of aromatic nitrogens is 2. The molecule has 1 N–H and O–H groups in total. The Morgan fingerprint density at radius 2 is 1.92 bits per heavy atom. The second-order valence-electron chi connectivity index (χ2n) is 6.02. The summed E-state index contributed by atoms with van der Waals surface area (Å²) in [6.07, 6.45) is 0. The van der Waals surface area contributed by atoms with Crippen LogP contribution in [-0.4, -0.2) is 22.2 Å². The van der Waals surface area contributed by atoms with Gasteiger partial charge in [-0.2, -0.15) is 0 Å². The Kier molecular flexibility index (Phi) is 4.16. The molecule has 1 atom stereocenters. The van der Waals surface area contributed by atoms with Crippen LogP contribution in [0.1, 0.15) is 28.8 Å². The highest BCUT2D eigenvalue weighted by Crippen LogP contribution is 2.42. The Morgan fingerprint density at radius 1 is 1.24 bits per heavy atom. The van der Waals surface area contributed by atoms with Crippen LogP contribution in [0.5, 0.6) is 0 Å². The molecule has 8 heteroatoms. The van der Waals surface area contributed by atoms with E-state index < -0.39 is 23.1 Å². The van der Waals surface area contributed by atoms with E-state index in [9.17, 15) is 14.4 Å². The summed E-state index contributed by atoms with van der Waals surface area (Å²) in [5, 5.41) is 4.97. The lowest BCUT2D eigenvalue weighted by Crippen LogP contribution is -2.43. The quantitative estimate of drug-likeness (QED) is 0.819. The molecule has 0 radical (unpaired) electrons. The Bertz CT molecular complexity index is 1030. The minimum absolute atomic E-state index is 0.376. The number of esters is 1. The van der Waals surface area contributed by atoms with Gasteiger partial charge in [0.2, 0.25) is 0 Å². The first-order chi connectivity index (χ1) is 11.8. The van der Waals surface area contributed by atoms with Crippen molar-refractivity contribution in [1.29, 1.82) is 0 Å². The maximum absolute atomic E-state index is 12.9. The molecule has 25 heavy (non-hydrogen) atoms. The summed E-state index contributed by atoms with van der Waals surface area (Å²) in [5.41, 5.74) is 1.47. The molecule has 0 amide bonds. The van der Waals surface area contributed by atoms with Crippen LogP contribution in [0.3, 0.4) is 0 Å². The van der Waals surface area contributed by atoms with E-state index in [1.54, 1.807) is 14.0 Å². The molecule has 0 saturated heterocycles. The lowest BCUT2D eigenvalue weighted by molar-refractivity contribution is -0.136. The number of rotatable bonds is 2. The van der Waals surface area contributed by atoms with Crippen LogP contribution in [0.4, 0.5) is 5.82 Å². The summed E-state index contributed by atoms with van der Waals surface area (Å²) < 4.78 is 7.41. The molecule has 7 nitrogen and oxygen atoms in total. The van der Waals surface area contributed by atoms with Gasteiger partial charge in [0.1, 0.15) is 5.82 Å². The van der Waals surface area contributed by atoms with E-state index >= 15 is 0 Å². The molecule has 1 unspecified atom stereocenters. The van der Waals surface area contributed by atoms with Gasteiger partial charge in [-0.3, -0.25) is 13.9 Å². The van der Waals surface area contributed by atoms with Gasteiger partial charge in [-0.25, -0.2) is 9.59 Å². The van der Waals surface area contributed by atoms with Gasteiger partial charge in [0.05, 0.1) is 24.2 Å². The van der Waals surface area contributed by atoms with Crippen LogP contribution in [-0.2, 0) is 23.6 Å². The number of thiophene rings is 1. The smallest absolute Gasteiger partial charge is 0.336 e. The fourth-order valence-electron chi connectivity index (χ4n) is 3.21. The zero-order valence-electron chi connectivity index (χ0n) is 14.7. The van der Waals surface area contributed by atoms with Crippen molar-refractivity contribution in [3.05, 3.63) is 59.6 Å². The predicted molar refractivity (Wildman–Crippen MR) is 96.2 cm³/mol. The van der Waals surface area contributed by atoms with Crippen LogP contribution in [0.2, 0.25) is 0 Å². The number of nitrogens with one attached hydrogen (secondary N) is 1. The van der Waals surface area contributed by atoms with Gasteiger partial charge in [-0.05, 0) is 30.9 Å². The second kappa shape index (κ2) is 6.03. The predicted octanol–water partition coefficient (Wildman–Crippen LogP) is 1.46. The van der Waals surface area contributed by atoms with Gasteiger partial charge < -0.3 is 10.1 Å². The maximum Gasteiger partial charge on any atom is 0.336 e. The summed E-state index contributed by atoms with van der Waals surface area (Å²) in [5.74, 6) is -0.658. The number of ether oxygens (including phenoxy) is 1. The summed E-state index contributed by atoms with van der Waals surface area (Å²) in [6, 6.07) is 1.94. The van der Waals surface area contributed by atoms with Crippen LogP contribution in [0.25, 0.3) is 0 Å². The van der Waals surface area contributed by atoms with Crippen molar-refractivity contribution in [2.24, 2.45) is 14.1 Å². The molecule has 1 aliphatic heterocycles. The number of hydrogen-bond acceptors (Lipinski definition) is 6. The van der Waals surface area contributed by atoms with Crippen molar-refractivity contribution in [3.8, 4) is 0 Å². The average molecular weight is 361 g/mol. The van der Waals surface area contributed by atoms with E-state index in [1.165, 1.54) is 30.1 Å². The van der Waals surface area contributed by atoms with Crippen molar-refractivity contribution < 1.29 is 9.53 Å². The molecule has 0 bridgehead atoms. The highest BCUT2D eigenvalue weighted by atomic mass is 32.1. The topological polar surface area (TPSA) is 82.3 Å². The maximum atomic E-state index is 12.9. The summed E-state index contributed by atoms with van der Waals surface area (Å²) in [4.78, 5) is 38.5. The molecule has 2 aromatic heterocycles. The molecule has 0 saturated carbocycles. The standard InChI is InChI=1S/C17H19N3O4S/c1-8-6-7-25-13(8)11-10(16(22)24-5)9(2)18-14-12(11)15(21)20(4)17(23)19(14)3/h6-7,11,18H,1-5H3. The highest BCUT2D eigenvalue weighted by molar-refractivity contribution is 7.10. The van der Waals surface area contributed by atoms with Crippen molar-refractivity contribution in [2.75, 3.05) is 12.4 Å². The third kappa shape index (κ3) is 2.44. The number of nitrogens with zero attached hydrogens (tertiary/aromatic N) is 2. The third-order valence-corrected chi connectivity index (χ3v) is 5.64. The number of fused-ring (bicyclic) bond motifs is 1. The van der Waals surface area contributed by atoms with Gasteiger partial charge in [0.25, 0.3) is 5.56 Å². The summed E-state index contributed by atoms with van der Waals surface area (Å²) in [7, 11) is 4.35. The first-order valence-electron chi connectivity index (χ1n) is 7.69. The fraction of sp³-hybridized carbons (Fsp3) is 0.353. The largest absolute Gasteiger partial charge is 0.466 e. The zero-order chi connectivity index (χ0) is 18.5. The molecule has 0 spiro atoms. The molecule has 0 aliphatic carbocycles. The number of anilines is 1. The SMILES string of the molecule is COC(=O)C1=C(C)Nc2c(c(=O)n(C)c(=O)n2C)C1c1sccc1C. The lowest BCUT2D eigenvalue weighted by Gasteiger charge is -2.30. The van der Waals surface area contributed by atoms with E-state index in [0.717, 1.165) is 15.0 Å². The number of carbonyl (C=O) groups excluding carboxylic acids is 1. The number of hydrogen-bond donors (Lipinski definition) is 1. The minimum atomic E-state index is -0.575. The monoisotopic (exact) mass is 361 g/mol. The molecule has 0 fully saturated rings. The first kappa shape index (κ1) is 17.2. The van der Waals surface area contributed by atoms with Gasteiger partial charge in [-0.1, -0.05) is 0 Å². The number of carbonyl (C=O) groups is 1. The van der Waals surface area contributed by atoms with Crippen molar-refractivity contribution >= 4 is 23.1 Å². The van der Waals surface area contributed by atoms with Crippen molar-refractivity contribution in [2.45, 2.75) is 19.8 Å². The van der Waals surface area contributed by atoms with E-state index in [2.05, 4.69) is 5.32 Å². The molecule has 132 valence electrons. The summed E-state index contributed by atoms with van der Waals surface area (Å²) >= 11 is 1.47. The average Bonchev–Trinajstić information content (AvgIpc) is 3.02. The van der Waals surface area contributed by atoms with E-state index in [0.29, 0.717) is 22.7 Å². The van der Waals surface area contributed by atoms with Crippen LogP contribution < -0.4 is 16.6 Å². The molecule has 3 rings (SSSR count). The molecule has 0 aromatic carbocycles. The van der Waals surface area contributed by atoms with Crippen molar-refractivity contribution in [3.63, 3.8) is 0 Å². The van der Waals surface area contributed by atoms with Gasteiger partial charge in [-0.15, -0.1) is 11.3 Å². The third-order valence-electron chi connectivity index (χ3n) is 4.56. The molecule has 2 aromatic rings. The number of methoxy groups -OCH3 is 1. The van der Waals surface area contributed by atoms with Crippen LogP contribution in [0.15, 0.2) is 32.3 Å². The molecular weight excluding hydrogens is 342 g/mol. The minimum Gasteiger partial charge on any atom is -0.466 e. The van der Waals surface area contributed by atoms with E-state index in [1.807, 2.05) is 18.4 Å². The normalized spacial score (nSPS) is 16.4.